The van der Waals surface area contributed by atoms with Gasteiger partial charge in [-0.15, -0.1) is 0 Å². The number of hydrogen-bond acceptors (Lipinski definition) is 3. The number of carbonyl (C=O) groups excluding carboxylic acids is 3. The number of carbonyl (C=O) groups is 3. The normalized spacial score (nSPS) is 11.6. The van der Waals surface area contributed by atoms with Crippen LogP contribution in [0, 0.1) is 0 Å². The number of nitrogens with one attached hydrogen (secondary N) is 4. The van der Waals surface area contributed by atoms with Gasteiger partial charge in [0.2, 0.25) is 17.7 Å². The minimum absolute atomic E-state index is 0.183. The van der Waals surface area contributed by atoms with E-state index in [1.165, 1.54) is 6.92 Å². The monoisotopic (exact) mass is 378 g/mol. The van der Waals surface area contributed by atoms with Crippen molar-refractivity contribution in [3.8, 4) is 0 Å². The van der Waals surface area contributed by atoms with Crippen LogP contribution in [0.15, 0.2) is 60.8 Å². The van der Waals surface area contributed by atoms with E-state index in [2.05, 4.69) is 20.9 Å². The minimum Gasteiger partial charge on any atom is -0.361 e. The molecule has 0 aliphatic heterocycles. The van der Waals surface area contributed by atoms with Crippen LogP contribution < -0.4 is 16.0 Å². The van der Waals surface area contributed by atoms with Gasteiger partial charge in [0.25, 0.3) is 0 Å². The van der Waals surface area contributed by atoms with Gasteiger partial charge < -0.3 is 20.9 Å². The second kappa shape index (κ2) is 8.85. The van der Waals surface area contributed by atoms with Crippen molar-refractivity contribution >= 4 is 34.3 Å². The number of aromatic nitrogens is 1. The Morgan fingerprint density at radius 2 is 1.71 bits per heavy atom. The summed E-state index contributed by atoms with van der Waals surface area (Å²) >= 11 is 0. The van der Waals surface area contributed by atoms with Gasteiger partial charge in [0.05, 0.1) is 6.54 Å². The van der Waals surface area contributed by atoms with E-state index >= 15 is 0 Å². The van der Waals surface area contributed by atoms with E-state index in [9.17, 15) is 14.4 Å². The van der Waals surface area contributed by atoms with E-state index in [0.717, 1.165) is 16.5 Å². The molecule has 3 rings (SSSR count). The predicted octanol–water partition coefficient (Wildman–Crippen LogP) is 1.97. The summed E-state index contributed by atoms with van der Waals surface area (Å²) in [5.74, 6) is -1.06. The average molecular weight is 378 g/mol. The zero-order valence-electron chi connectivity index (χ0n) is 15.5. The zero-order valence-corrected chi connectivity index (χ0v) is 15.5. The first-order chi connectivity index (χ1) is 13.5. The molecule has 7 heteroatoms. The Hall–Kier alpha value is -3.61. The van der Waals surface area contributed by atoms with Crippen molar-refractivity contribution in [2.24, 2.45) is 0 Å². The number of para-hydroxylation sites is 2. The highest BCUT2D eigenvalue weighted by molar-refractivity contribution is 5.96. The first kappa shape index (κ1) is 19.2. The molecule has 1 aromatic heterocycles. The third-order valence-electron chi connectivity index (χ3n) is 4.27. The topological polar surface area (TPSA) is 103 Å². The SMILES string of the molecule is CC(=O)N[C@@H](Cc1c[nH]c2ccccc12)C(=O)NCC(=O)Nc1ccccc1. The molecule has 3 aromatic rings. The van der Waals surface area contributed by atoms with Gasteiger partial charge >= 0.3 is 0 Å². The molecule has 7 nitrogen and oxygen atoms in total. The smallest absolute Gasteiger partial charge is 0.243 e. The summed E-state index contributed by atoms with van der Waals surface area (Å²) in [5, 5.41) is 8.95. The lowest BCUT2D eigenvalue weighted by atomic mass is 10.0. The van der Waals surface area contributed by atoms with Crippen molar-refractivity contribution in [3.05, 3.63) is 66.4 Å². The van der Waals surface area contributed by atoms with Crippen molar-refractivity contribution in [1.82, 2.24) is 15.6 Å². The number of anilines is 1. The Morgan fingerprint density at radius 3 is 2.46 bits per heavy atom. The number of aromatic amines is 1. The Bertz CT molecular complexity index is 981. The highest BCUT2D eigenvalue weighted by Crippen LogP contribution is 2.19. The first-order valence-electron chi connectivity index (χ1n) is 8.97. The summed E-state index contributed by atoms with van der Waals surface area (Å²) in [5.41, 5.74) is 2.53. The van der Waals surface area contributed by atoms with Crippen LogP contribution >= 0.6 is 0 Å². The Kier molecular flexibility index (Phi) is 6.06. The zero-order chi connectivity index (χ0) is 19.9. The van der Waals surface area contributed by atoms with Gasteiger partial charge in [0.1, 0.15) is 6.04 Å². The predicted molar refractivity (Wildman–Crippen MR) is 108 cm³/mol. The summed E-state index contributed by atoms with van der Waals surface area (Å²) < 4.78 is 0. The van der Waals surface area contributed by atoms with Gasteiger partial charge in [-0.2, -0.15) is 0 Å². The van der Waals surface area contributed by atoms with Gasteiger partial charge in [-0.1, -0.05) is 36.4 Å². The van der Waals surface area contributed by atoms with Gasteiger partial charge in [0.15, 0.2) is 0 Å². The summed E-state index contributed by atoms with van der Waals surface area (Å²) in [6, 6.07) is 15.9. The molecule has 28 heavy (non-hydrogen) atoms. The second-order valence-electron chi connectivity index (χ2n) is 6.45. The summed E-state index contributed by atoms with van der Waals surface area (Å²) in [4.78, 5) is 39.3. The van der Waals surface area contributed by atoms with Crippen molar-refractivity contribution < 1.29 is 14.4 Å². The van der Waals surface area contributed by atoms with Crippen LogP contribution in [0.5, 0.6) is 0 Å². The minimum atomic E-state index is -0.777. The van der Waals surface area contributed by atoms with Crippen molar-refractivity contribution in [1.29, 1.82) is 0 Å². The lowest BCUT2D eigenvalue weighted by Gasteiger charge is -2.17. The fourth-order valence-corrected chi connectivity index (χ4v) is 2.99. The maximum Gasteiger partial charge on any atom is 0.243 e. The quantitative estimate of drug-likeness (QED) is 0.505. The van der Waals surface area contributed by atoms with E-state index in [1.807, 2.05) is 48.7 Å². The van der Waals surface area contributed by atoms with Crippen LogP contribution in [0.2, 0.25) is 0 Å². The van der Waals surface area contributed by atoms with E-state index in [-0.39, 0.29) is 18.4 Å². The Balaban J connectivity index is 1.63. The molecule has 2 aromatic carbocycles. The molecule has 0 aliphatic rings. The van der Waals surface area contributed by atoms with Crippen LogP contribution in [0.25, 0.3) is 10.9 Å². The van der Waals surface area contributed by atoms with Gasteiger partial charge in [-0.3, -0.25) is 14.4 Å². The van der Waals surface area contributed by atoms with Crippen LogP contribution in [-0.2, 0) is 20.8 Å². The number of amides is 3. The van der Waals surface area contributed by atoms with Crippen LogP contribution in [0.1, 0.15) is 12.5 Å². The number of H-pyrrole nitrogens is 1. The molecule has 0 radical (unpaired) electrons. The third kappa shape index (κ3) is 4.97. The van der Waals surface area contributed by atoms with E-state index < -0.39 is 11.9 Å². The standard InChI is InChI=1S/C21H22N4O3/c1-14(26)24-19(11-15-12-22-18-10-6-5-9-17(15)18)21(28)23-13-20(27)25-16-7-3-2-4-8-16/h2-10,12,19,22H,11,13H2,1H3,(H,23,28)(H,24,26)(H,25,27)/t19-/m0/s1. The lowest BCUT2D eigenvalue weighted by Crippen LogP contribution is -2.49. The highest BCUT2D eigenvalue weighted by Gasteiger charge is 2.22. The van der Waals surface area contributed by atoms with Crippen LogP contribution in [-0.4, -0.2) is 35.3 Å². The molecule has 3 amide bonds. The molecule has 144 valence electrons. The summed E-state index contributed by atoms with van der Waals surface area (Å²) in [7, 11) is 0. The van der Waals surface area contributed by atoms with Crippen LogP contribution in [0.4, 0.5) is 5.69 Å². The third-order valence-corrected chi connectivity index (χ3v) is 4.27. The van der Waals surface area contributed by atoms with Gasteiger partial charge in [-0.25, -0.2) is 0 Å². The van der Waals surface area contributed by atoms with Crippen molar-refractivity contribution in [2.45, 2.75) is 19.4 Å². The summed E-state index contributed by atoms with van der Waals surface area (Å²) in [6.07, 6.45) is 2.14. The van der Waals surface area contributed by atoms with E-state index in [4.69, 9.17) is 0 Å². The second-order valence-corrected chi connectivity index (χ2v) is 6.45. The average Bonchev–Trinajstić information content (AvgIpc) is 3.09. The molecule has 0 spiro atoms. The molecule has 0 saturated carbocycles. The van der Waals surface area contributed by atoms with Crippen molar-refractivity contribution in [2.75, 3.05) is 11.9 Å². The largest absolute Gasteiger partial charge is 0.361 e. The van der Waals surface area contributed by atoms with Crippen molar-refractivity contribution in [3.63, 3.8) is 0 Å². The molecule has 4 N–H and O–H groups in total. The molecule has 0 fully saturated rings. The maximum atomic E-state index is 12.6. The first-order valence-corrected chi connectivity index (χ1v) is 8.97. The Labute approximate surface area is 162 Å². The molecule has 0 aliphatic carbocycles. The highest BCUT2D eigenvalue weighted by atomic mass is 16.2. The maximum absolute atomic E-state index is 12.6. The summed E-state index contributed by atoms with van der Waals surface area (Å²) in [6.45, 7) is 1.18. The molecule has 1 atom stereocenters. The van der Waals surface area contributed by atoms with Gasteiger partial charge in [-0.05, 0) is 23.8 Å². The number of benzene rings is 2. The lowest BCUT2D eigenvalue weighted by molar-refractivity contribution is -0.129. The molecular formula is C21H22N4O3. The molecule has 1 heterocycles. The number of fused-ring (bicyclic) bond motifs is 1. The molecule has 0 unspecified atom stereocenters. The fraction of sp³-hybridized carbons (Fsp3) is 0.190. The molecule has 0 saturated heterocycles. The Morgan fingerprint density at radius 1 is 1.00 bits per heavy atom. The van der Waals surface area contributed by atoms with E-state index in [1.54, 1.807) is 12.1 Å². The molecule has 0 bridgehead atoms. The van der Waals surface area contributed by atoms with Crippen LogP contribution in [0.3, 0.4) is 0 Å². The van der Waals surface area contributed by atoms with E-state index in [0.29, 0.717) is 12.1 Å². The fourth-order valence-electron chi connectivity index (χ4n) is 2.99. The number of rotatable bonds is 7. The van der Waals surface area contributed by atoms with Gasteiger partial charge in [0, 0.05) is 36.1 Å². The molecular weight excluding hydrogens is 356 g/mol. The number of hydrogen-bond donors (Lipinski definition) is 4.